The minimum atomic E-state index is -0.372. The average Bonchev–Trinajstić information content (AvgIpc) is 3.06. The average molecular weight is 365 g/mol. The number of fused-ring (bicyclic) bond motifs is 1. The molecule has 0 aliphatic carbocycles. The second-order valence-corrected chi connectivity index (χ2v) is 6.39. The van der Waals surface area contributed by atoms with Crippen molar-refractivity contribution < 1.29 is 9.59 Å². The monoisotopic (exact) mass is 365 g/mol. The Kier molecular flexibility index (Phi) is 5.40. The highest BCUT2D eigenvalue weighted by molar-refractivity contribution is 6.06. The predicted molar refractivity (Wildman–Crippen MR) is 107 cm³/mol. The molecule has 7 heteroatoms. The Bertz CT molecular complexity index is 960. The van der Waals surface area contributed by atoms with Crippen molar-refractivity contribution in [1.29, 1.82) is 0 Å². The molecule has 2 N–H and O–H groups in total. The lowest BCUT2D eigenvalue weighted by atomic mass is 10.2. The van der Waals surface area contributed by atoms with E-state index in [0.29, 0.717) is 17.7 Å². The van der Waals surface area contributed by atoms with Crippen molar-refractivity contribution in [2.45, 2.75) is 13.3 Å². The highest BCUT2D eigenvalue weighted by atomic mass is 16.2. The number of carbonyl (C=O) groups excluding carboxylic acids is 2. The highest BCUT2D eigenvalue weighted by Gasteiger charge is 2.21. The normalized spacial score (nSPS) is 10.6. The lowest BCUT2D eigenvalue weighted by Gasteiger charge is -2.12. The zero-order valence-corrected chi connectivity index (χ0v) is 15.7. The molecule has 3 aromatic rings. The van der Waals surface area contributed by atoms with Crippen LogP contribution < -0.4 is 15.5 Å². The van der Waals surface area contributed by atoms with Crippen LogP contribution in [-0.2, 0) is 0 Å². The fourth-order valence-electron chi connectivity index (χ4n) is 2.72. The van der Waals surface area contributed by atoms with E-state index in [4.69, 9.17) is 0 Å². The van der Waals surface area contributed by atoms with E-state index in [9.17, 15) is 9.59 Å². The van der Waals surface area contributed by atoms with E-state index in [-0.39, 0.29) is 23.3 Å². The quantitative estimate of drug-likeness (QED) is 0.704. The third kappa shape index (κ3) is 3.92. The van der Waals surface area contributed by atoms with Gasteiger partial charge >= 0.3 is 0 Å². The molecule has 0 bridgehead atoms. The van der Waals surface area contributed by atoms with Gasteiger partial charge in [0.05, 0.1) is 5.52 Å². The van der Waals surface area contributed by atoms with Gasteiger partial charge in [0.25, 0.3) is 11.8 Å². The molecule has 7 nitrogen and oxygen atoms in total. The second kappa shape index (κ2) is 7.90. The maximum Gasteiger partial charge on any atom is 0.292 e. The number of carbonyl (C=O) groups is 2. The number of hydrogen-bond acceptors (Lipinski definition) is 4. The molecule has 0 aliphatic rings. The number of aromatic nitrogens is 2. The smallest absolute Gasteiger partial charge is 0.292 e. The molecular formula is C20H23N5O2. The molecule has 0 unspecified atom stereocenters. The first kappa shape index (κ1) is 18.4. The highest BCUT2D eigenvalue weighted by Crippen LogP contribution is 2.18. The summed E-state index contributed by atoms with van der Waals surface area (Å²) in [6.07, 6.45) is 2.55. The van der Waals surface area contributed by atoms with Crippen LogP contribution in [0.15, 0.2) is 48.7 Å². The van der Waals surface area contributed by atoms with Crippen LogP contribution in [0.5, 0.6) is 0 Å². The van der Waals surface area contributed by atoms with Crippen molar-refractivity contribution in [3.63, 3.8) is 0 Å². The van der Waals surface area contributed by atoms with Gasteiger partial charge in [-0.3, -0.25) is 14.0 Å². The number of anilines is 2. The number of hydrogen-bond donors (Lipinski definition) is 2. The van der Waals surface area contributed by atoms with Gasteiger partial charge in [0, 0.05) is 38.2 Å². The molecule has 0 atom stereocenters. The molecule has 2 amide bonds. The summed E-state index contributed by atoms with van der Waals surface area (Å²) in [5, 5.41) is 5.65. The molecular weight excluding hydrogens is 342 g/mol. The molecule has 0 saturated heterocycles. The maximum atomic E-state index is 12.8. The summed E-state index contributed by atoms with van der Waals surface area (Å²) in [6, 6.07) is 12.9. The summed E-state index contributed by atoms with van der Waals surface area (Å²) in [6.45, 7) is 2.54. The van der Waals surface area contributed by atoms with E-state index in [1.165, 1.54) is 0 Å². The molecule has 0 saturated carbocycles. The van der Waals surface area contributed by atoms with Crippen LogP contribution in [0.1, 0.15) is 34.5 Å². The van der Waals surface area contributed by atoms with Crippen molar-refractivity contribution in [2.24, 2.45) is 0 Å². The summed E-state index contributed by atoms with van der Waals surface area (Å²) >= 11 is 0. The molecule has 3 rings (SSSR count). The van der Waals surface area contributed by atoms with Gasteiger partial charge in [-0.15, -0.1) is 0 Å². The zero-order chi connectivity index (χ0) is 19.4. The Morgan fingerprint density at radius 1 is 1.07 bits per heavy atom. The Morgan fingerprint density at radius 2 is 1.81 bits per heavy atom. The lowest BCUT2D eigenvalue weighted by molar-refractivity contribution is 0.0951. The lowest BCUT2D eigenvalue weighted by Crippen LogP contribution is -2.24. The van der Waals surface area contributed by atoms with Gasteiger partial charge in [-0.05, 0) is 42.8 Å². The van der Waals surface area contributed by atoms with Gasteiger partial charge in [-0.1, -0.05) is 13.0 Å². The number of benzene rings is 1. The largest absolute Gasteiger partial charge is 0.378 e. The second-order valence-electron chi connectivity index (χ2n) is 6.39. The number of rotatable bonds is 6. The molecule has 0 aliphatic heterocycles. The summed E-state index contributed by atoms with van der Waals surface area (Å²) < 4.78 is 1.63. The van der Waals surface area contributed by atoms with E-state index in [2.05, 4.69) is 15.6 Å². The first-order valence-corrected chi connectivity index (χ1v) is 8.85. The summed E-state index contributed by atoms with van der Waals surface area (Å²) in [4.78, 5) is 31.4. The summed E-state index contributed by atoms with van der Waals surface area (Å²) in [7, 11) is 3.91. The Labute approximate surface area is 158 Å². The van der Waals surface area contributed by atoms with E-state index >= 15 is 0 Å². The molecule has 140 valence electrons. The number of amides is 2. The van der Waals surface area contributed by atoms with Crippen LogP contribution in [0.25, 0.3) is 5.52 Å². The Balaban J connectivity index is 1.89. The standard InChI is InChI=1S/C20H23N5O2/c1-4-12-21-19(26)17-16-7-5-6-13-25(16)18(23-17)20(27)22-14-8-10-15(11-9-14)24(2)3/h5-11,13H,4,12H2,1-3H3,(H,21,26)(H,22,27). The van der Waals surface area contributed by atoms with Gasteiger partial charge in [-0.2, -0.15) is 0 Å². The zero-order valence-electron chi connectivity index (χ0n) is 15.7. The molecule has 0 radical (unpaired) electrons. The van der Waals surface area contributed by atoms with Crippen LogP contribution in [0.2, 0.25) is 0 Å². The summed E-state index contributed by atoms with van der Waals surface area (Å²) in [5.74, 6) is -0.484. The van der Waals surface area contributed by atoms with E-state index < -0.39 is 0 Å². The molecule has 0 fully saturated rings. The van der Waals surface area contributed by atoms with Gasteiger partial charge in [0.15, 0.2) is 5.69 Å². The van der Waals surface area contributed by atoms with E-state index in [1.54, 1.807) is 22.7 Å². The minimum Gasteiger partial charge on any atom is -0.378 e. The van der Waals surface area contributed by atoms with Crippen LogP contribution >= 0.6 is 0 Å². The first-order chi connectivity index (χ1) is 13.0. The van der Waals surface area contributed by atoms with Gasteiger partial charge in [0.2, 0.25) is 5.82 Å². The molecule has 2 heterocycles. The van der Waals surface area contributed by atoms with Crippen molar-refractivity contribution >= 4 is 28.7 Å². The SMILES string of the molecule is CCCNC(=O)c1nc(C(=O)Nc2ccc(N(C)C)cc2)n2ccccc12. The van der Waals surface area contributed by atoms with E-state index in [0.717, 1.165) is 12.1 Å². The van der Waals surface area contributed by atoms with Gasteiger partial charge < -0.3 is 15.5 Å². The van der Waals surface area contributed by atoms with Gasteiger partial charge in [0.1, 0.15) is 0 Å². The van der Waals surface area contributed by atoms with Crippen molar-refractivity contribution in [1.82, 2.24) is 14.7 Å². The maximum absolute atomic E-state index is 12.8. The number of pyridine rings is 1. The molecule has 1 aromatic carbocycles. The third-order valence-corrected chi connectivity index (χ3v) is 4.14. The van der Waals surface area contributed by atoms with E-state index in [1.807, 2.05) is 56.3 Å². The fraction of sp³-hybridized carbons (Fsp3) is 0.250. The van der Waals surface area contributed by atoms with Crippen LogP contribution in [0.4, 0.5) is 11.4 Å². The topological polar surface area (TPSA) is 78.7 Å². The predicted octanol–water partition coefficient (Wildman–Crippen LogP) is 2.79. The molecule has 2 aromatic heterocycles. The van der Waals surface area contributed by atoms with Crippen molar-refractivity contribution in [2.75, 3.05) is 30.9 Å². The van der Waals surface area contributed by atoms with Gasteiger partial charge in [-0.25, -0.2) is 4.98 Å². The number of imidazole rings is 1. The fourth-order valence-corrected chi connectivity index (χ4v) is 2.72. The number of nitrogens with zero attached hydrogens (tertiary/aromatic N) is 3. The molecule has 0 spiro atoms. The third-order valence-electron chi connectivity index (χ3n) is 4.14. The Morgan fingerprint density at radius 3 is 2.48 bits per heavy atom. The summed E-state index contributed by atoms with van der Waals surface area (Å²) in [5.41, 5.74) is 2.54. The van der Waals surface area contributed by atoms with Crippen LogP contribution in [-0.4, -0.2) is 41.8 Å². The van der Waals surface area contributed by atoms with Crippen LogP contribution in [0, 0.1) is 0 Å². The van der Waals surface area contributed by atoms with Crippen LogP contribution in [0.3, 0.4) is 0 Å². The Hall–Kier alpha value is -3.35. The van der Waals surface area contributed by atoms with Crippen molar-refractivity contribution in [3.8, 4) is 0 Å². The van der Waals surface area contributed by atoms with Crippen molar-refractivity contribution in [3.05, 3.63) is 60.2 Å². The minimum absolute atomic E-state index is 0.170. The first-order valence-electron chi connectivity index (χ1n) is 8.85. The molecule has 27 heavy (non-hydrogen) atoms. The number of nitrogens with one attached hydrogen (secondary N) is 2.